The molecule has 0 aliphatic heterocycles. The molecule has 106 valence electrons. The number of nitrogens with two attached hydrogens (primary N) is 1. The largest absolute Gasteiger partial charge is 0.490 e. The minimum Gasteiger partial charge on any atom is -0.490 e. The molecule has 0 heterocycles. The van der Waals surface area contributed by atoms with Crippen LogP contribution in [0.25, 0.3) is 0 Å². The van der Waals surface area contributed by atoms with Gasteiger partial charge in [-0.3, -0.25) is 0 Å². The Kier molecular flexibility index (Phi) is 4.87. The second kappa shape index (κ2) is 6.42. The highest BCUT2D eigenvalue weighted by Gasteiger charge is 2.26. The SMILES string of the molecule is Cc1cccc(CCN)c1OC1CC(C)CC(C)C1. The maximum absolute atomic E-state index is 6.36. The summed E-state index contributed by atoms with van der Waals surface area (Å²) < 4.78 is 6.36. The van der Waals surface area contributed by atoms with Crippen LogP contribution in [0.3, 0.4) is 0 Å². The van der Waals surface area contributed by atoms with Crippen molar-refractivity contribution < 1.29 is 4.74 Å². The molecule has 2 N–H and O–H groups in total. The molecule has 1 aromatic carbocycles. The lowest BCUT2D eigenvalue weighted by molar-refractivity contribution is 0.0994. The van der Waals surface area contributed by atoms with Crippen molar-refractivity contribution in [3.05, 3.63) is 29.3 Å². The predicted octanol–water partition coefficient (Wildman–Crippen LogP) is 3.70. The van der Waals surface area contributed by atoms with Crippen LogP contribution in [0.4, 0.5) is 0 Å². The minimum atomic E-state index is 0.372. The van der Waals surface area contributed by atoms with Crippen molar-refractivity contribution in [1.82, 2.24) is 0 Å². The Morgan fingerprint density at radius 1 is 1.16 bits per heavy atom. The molecular formula is C17H27NO. The molecule has 1 fully saturated rings. The Morgan fingerprint density at radius 3 is 2.47 bits per heavy atom. The molecule has 1 saturated carbocycles. The van der Waals surface area contributed by atoms with Crippen molar-refractivity contribution >= 4 is 0 Å². The molecule has 2 nitrogen and oxygen atoms in total. The van der Waals surface area contributed by atoms with Gasteiger partial charge in [0.05, 0.1) is 6.10 Å². The Hall–Kier alpha value is -1.02. The molecular weight excluding hydrogens is 234 g/mol. The van der Waals surface area contributed by atoms with Crippen molar-refractivity contribution in [2.45, 2.75) is 52.6 Å². The van der Waals surface area contributed by atoms with Crippen LogP contribution in [-0.4, -0.2) is 12.6 Å². The third kappa shape index (κ3) is 3.73. The van der Waals surface area contributed by atoms with Crippen LogP contribution in [0.2, 0.25) is 0 Å². The molecule has 0 aromatic heterocycles. The van der Waals surface area contributed by atoms with Crippen molar-refractivity contribution in [2.24, 2.45) is 17.6 Å². The molecule has 0 amide bonds. The number of aryl methyl sites for hydroxylation is 1. The van der Waals surface area contributed by atoms with Crippen molar-refractivity contribution in [3.63, 3.8) is 0 Å². The third-order valence-electron chi connectivity index (χ3n) is 4.13. The molecule has 0 bridgehead atoms. The summed E-state index contributed by atoms with van der Waals surface area (Å²) in [7, 11) is 0. The summed E-state index contributed by atoms with van der Waals surface area (Å²) in [6.45, 7) is 7.48. The summed E-state index contributed by atoms with van der Waals surface area (Å²) >= 11 is 0. The van der Waals surface area contributed by atoms with Crippen LogP contribution in [0, 0.1) is 18.8 Å². The summed E-state index contributed by atoms with van der Waals surface area (Å²) in [5, 5.41) is 0. The molecule has 1 aromatic rings. The zero-order valence-electron chi connectivity index (χ0n) is 12.5. The normalized spacial score (nSPS) is 27.3. The second-order valence-electron chi connectivity index (χ2n) is 6.26. The van der Waals surface area contributed by atoms with Gasteiger partial charge >= 0.3 is 0 Å². The molecule has 2 heteroatoms. The van der Waals surface area contributed by atoms with Gasteiger partial charge in [0.2, 0.25) is 0 Å². The van der Waals surface area contributed by atoms with E-state index in [9.17, 15) is 0 Å². The number of ether oxygens (including phenoxy) is 1. The number of rotatable bonds is 4. The van der Waals surface area contributed by atoms with Crippen LogP contribution in [-0.2, 0) is 6.42 Å². The summed E-state index contributed by atoms with van der Waals surface area (Å²) in [5.74, 6) is 2.63. The van der Waals surface area contributed by atoms with Crippen LogP contribution in [0.1, 0.15) is 44.2 Å². The van der Waals surface area contributed by atoms with Crippen molar-refractivity contribution in [3.8, 4) is 5.75 Å². The van der Waals surface area contributed by atoms with Crippen molar-refractivity contribution in [2.75, 3.05) is 6.54 Å². The Morgan fingerprint density at radius 2 is 1.84 bits per heavy atom. The summed E-state index contributed by atoms with van der Waals surface area (Å²) in [4.78, 5) is 0. The lowest BCUT2D eigenvalue weighted by Crippen LogP contribution is -2.29. The zero-order chi connectivity index (χ0) is 13.8. The van der Waals surface area contributed by atoms with E-state index in [1.807, 2.05) is 0 Å². The van der Waals surface area contributed by atoms with E-state index in [-0.39, 0.29) is 0 Å². The quantitative estimate of drug-likeness (QED) is 0.897. The van der Waals surface area contributed by atoms with Gasteiger partial charge in [-0.1, -0.05) is 32.0 Å². The first-order chi connectivity index (χ1) is 9.10. The Balaban J connectivity index is 2.13. The number of hydrogen-bond donors (Lipinski definition) is 1. The number of hydrogen-bond acceptors (Lipinski definition) is 2. The van der Waals surface area contributed by atoms with E-state index in [1.54, 1.807) is 0 Å². The van der Waals surface area contributed by atoms with Crippen LogP contribution in [0.5, 0.6) is 5.75 Å². The fourth-order valence-electron chi connectivity index (χ4n) is 3.37. The fraction of sp³-hybridized carbons (Fsp3) is 0.647. The maximum Gasteiger partial charge on any atom is 0.125 e. The van der Waals surface area contributed by atoms with Gasteiger partial charge < -0.3 is 10.5 Å². The highest BCUT2D eigenvalue weighted by atomic mass is 16.5. The maximum atomic E-state index is 6.36. The lowest BCUT2D eigenvalue weighted by atomic mass is 9.81. The van der Waals surface area contributed by atoms with Gasteiger partial charge in [-0.05, 0) is 62.1 Å². The number of para-hydroxylation sites is 1. The van der Waals surface area contributed by atoms with E-state index in [1.165, 1.54) is 30.4 Å². The van der Waals surface area contributed by atoms with Gasteiger partial charge in [0.1, 0.15) is 5.75 Å². The highest BCUT2D eigenvalue weighted by Crippen LogP contribution is 2.33. The van der Waals surface area contributed by atoms with Gasteiger partial charge in [0, 0.05) is 0 Å². The molecule has 2 unspecified atom stereocenters. The van der Waals surface area contributed by atoms with E-state index < -0.39 is 0 Å². The average Bonchev–Trinajstić information content (AvgIpc) is 2.32. The minimum absolute atomic E-state index is 0.372. The highest BCUT2D eigenvalue weighted by molar-refractivity contribution is 5.41. The van der Waals surface area contributed by atoms with Gasteiger partial charge in [0.25, 0.3) is 0 Å². The van der Waals surface area contributed by atoms with E-state index in [0.29, 0.717) is 12.6 Å². The first-order valence-corrected chi connectivity index (χ1v) is 7.55. The first kappa shape index (κ1) is 14.4. The molecule has 1 aliphatic rings. The smallest absolute Gasteiger partial charge is 0.125 e. The van der Waals surface area contributed by atoms with E-state index in [0.717, 1.165) is 24.0 Å². The van der Waals surface area contributed by atoms with E-state index in [2.05, 4.69) is 39.0 Å². The van der Waals surface area contributed by atoms with Gasteiger partial charge in [0.15, 0.2) is 0 Å². The van der Waals surface area contributed by atoms with Gasteiger partial charge in [-0.15, -0.1) is 0 Å². The molecule has 2 atom stereocenters. The Bertz CT molecular complexity index is 406. The molecule has 0 saturated heterocycles. The van der Waals surface area contributed by atoms with Gasteiger partial charge in [-0.25, -0.2) is 0 Å². The summed E-state index contributed by atoms with van der Waals surface area (Å²) in [6, 6.07) is 6.37. The molecule has 1 aliphatic carbocycles. The predicted molar refractivity (Wildman–Crippen MR) is 80.5 cm³/mol. The standard InChI is InChI=1S/C17H27NO/c1-12-9-13(2)11-16(10-12)19-17-14(3)5-4-6-15(17)7-8-18/h4-6,12-13,16H,7-11,18H2,1-3H3. The molecule has 0 radical (unpaired) electrons. The monoisotopic (exact) mass is 261 g/mol. The van der Waals surface area contributed by atoms with Crippen LogP contribution in [0.15, 0.2) is 18.2 Å². The number of benzene rings is 1. The van der Waals surface area contributed by atoms with E-state index >= 15 is 0 Å². The van der Waals surface area contributed by atoms with Gasteiger partial charge in [-0.2, -0.15) is 0 Å². The van der Waals surface area contributed by atoms with Crippen LogP contribution >= 0.6 is 0 Å². The lowest BCUT2D eigenvalue weighted by Gasteiger charge is -2.32. The third-order valence-corrected chi connectivity index (χ3v) is 4.13. The summed E-state index contributed by atoms with van der Waals surface area (Å²) in [5.41, 5.74) is 8.19. The van der Waals surface area contributed by atoms with Crippen LogP contribution < -0.4 is 10.5 Å². The van der Waals surface area contributed by atoms with Crippen molar-refractivity contribution in [1.29, 1.82) is 0 Å². The molecule has 0 spiro atoms. The first-order valence-electron chi connectivity index (χ1n) is 7.55. The summed E-state index contributed by atoms with van der Waals surface area (Å²) in [6.07, 6.45) is 4.97. The molecule has 2 rings (SSSR count). The zero-order valence-corrected chi connectivity index (χ0v) is 12.5. The topological polar surface area (TPSA) is 35.2 Å². The average molecular weight is 261 g/mol. The molecule has 19 heavy (non-hydrogen) atoms. The Labute approximate surface area is 117 Å². The van der Waals surface area contributed by atoms with E-state index in [4.69, 9.17) is 10.5 Å². The second-order valence-corrected chi connectivity index (χ2v) is 6.26. The fourth-order valence-corrected chi connectivity index (χ4v) is 3.37.